The van der Waals surface area contributed by atoms with E-state index in [1.807, 2.05) is 0 Å². The Bertz CT molecular complexity index is 517. The van der Waals surface area contributed by atoms with Gasteiger partial charge in [0.25, 0.3) is 0 Å². The number of H-pyrrole nitrogens is 1. The maximum Gasteiger partial charge on any atom is 0.367 e. The maximum atomic E-state index is 12.7. The van der Waals surface area contributed by atoms with Crippen molar-refractivity contribution < 1.29 is 4.39 Å². The fourth-order valence-electron chi connectivity index (χ4n) is 1.09. The van der Waals surface area contributed by atoms with Crippen LogP contribution >= 0.6 is 0 Å². The molecule has 0 spiro atoms. The molecule has 2 aromatic heterocycles. The number of nitrogens with zero attached hydrogens (tertiary/aromatic N) is 4. The Morgan fingerprint density at radius 3 is 2.93 bits per heavy atom. The molecule has 2 aromatic rings. The van der Waals surface area contributed by atoms with Gasteiger partial charge in [0.05, 0.1) is 6.20 Å². The number of aromatic nitrogens is 5. The Kier molecular flexibility index (Phi) is 1.84. The van der Waals surface area contributed by atoms with Crippen molar-refractivity contribution in [2.45, 2.75) is 6.92 Å². The lowest BCUT2D eigenvalue weighted by atomic mass is 10.3. The Morgan fingerprint density at radius 2 is 2.36 bits per heavy atom. The number of nitrogens with one attached hydrogen (secondary N) is 1. The molecule has 0 aliphatic carbocycles. The van der Waals surface area contributed by atoms with Gasteiger partial charge >= 0.3 is 5.69 Å². The zero-order valence-corrected chi connectivity index (χ0v) is 7.23. The number of pyridine rings is 1. The Morgan fingerprint density at radius 1 is 1.57 bits per heavy atom. The van der Waals surface area contributed by atoms with E-state index in [-0.39, 0.29) is 5.82 Å². The number of aryl methyl sites for hydroxylation is 1. The van der Waals surface area contributed by atoms with Crippen LogP contribution in [0, 0.1) is 12.7 Å². The van der Waals surface area contributed by atoms with Crippen LogP contribution in [0.1, 0.15) is 5.56 Å². The summed E-state index contributed by atoms with van der Waals surface area (Å²) in [7, 11) is 0. The lowest BCUT2D eigenvalue weighted by Crippen LogP contribution is -2.18. The average molecular weight is 195 g/mol. The van der Waals surface area contributed by atoms with Crippen LogP contribution in [0.4, 0.5) is 4.39 Å². The summed E-state index contributed by atoms with van der Waals surface area (Å²) in [6.45, 7) is 1.63. The molecule has 0 unspecified atom stereocenters. The lowest BCUT2D eigenvalue weighted by Gasteiger charge is -2.00. The summed E-state index contributed by atoms with van der Waals surface area (Å²) in [6.07, 6.45) is 1.02. The molecule has 0 aromatic carbocycles. The highest BCUT2D eigenvalue weighted by molar-refractivity contribution is 5.30. The fraction of sp³-hybridized carbons (Fsp3) is 0.143. The molecule has 2 heterocycles. The van der Waals surface area contributed by atoms with E-state index in [4.69, 9.17) is 0 Å². The van der Waals surface area contributed by atoms with E-state index in [2.05, 4.69) is 20.5 Å². The average Bonchev–Trinajstić information content (AvgIpc) is 2.52. The number of tetrazole rings is 1. The monoisotopic (exact) mass is 195 g/mol. The lowest BCUT2D eigenvalue weighted by molar-refractivity contribution is 0.616. The standard InChI is InChI=1S/C7H6FN5O/c1-4-2-5(8)3-9-6(4)13-7(14)10-11-12-13/h2-3H,1H3,(H,10,12,14). The van der Waals surface area contributed by atoms with E-state index in [1.54, 1.807) is 6.92 Å². The van der Waals surface area contributed by atoms with Gasteiger partial charge in [-0.1, -0.05) is 0 Å². The van der Waals surface area contributed by atoms with E-state index in [0.717, 1.165) is 10.9 Å². The van der Waals surface area contributed by atoms with Gasteiger partial charge < -0.3 is 0 Å². The van der Waals surface area contributed by atoms with Gasteiger partial charge in [-0.05, 0) is 29.0 Å². The van der Waals surface area contributed by atoms with Gasteiger partial charge in [0.2, 0.25) is 0 Å². The summed E-state index contributed by atoms with van der Waals surface area (Å²) in [6, 6.07) is 1.27. The minimum atomic E-state index is -0.507. The molecule has 1 N–H and O–H groups in total. The van der Waals surface area contributed by atoms with Crippen molar-refractivity contribution >= 4 is 0 Å². The van der Waals surface area contributed by atoms with Crippen molar-refractivity contribution in [3.63, 3.8) is 0 Å². The van der Waals surface area contributed by atoms with Crippen LogP contribution in [-0.2, 0) is 0 Å². The molecular weight excluding hydrogens is 189 g/mol. The molecule has 2 rings (SSSR count). The fourth-order valence-corrected chi connectivity index (χ4v) is 1.09. The Hall–Kier alpha value is -2.05. The Balaban J connectivity index is 2.63. The third kappa shape index (κ3) is 1.28. The van der Waals surface area contributed by atoms with E-state index in [1.165, 1.54) is 6.07 Å². The first-order valence-corrected chi connectivity index (χ1v) is 3.81. The van der Waals surface area contributed by atoms with Crippen molar-refractivity contribution in [3.05, 3.63) is 34.1 Å². The molecule has 0 bridgehead atoms. The molecule has 7 heteroatoms. The molecular formula is C7H6FN5O. The van der Waals surface area contributed by atoms with Crippen LogP contribution in [0.3, 0.4) is 0 Å². The second-order valence-electron chi connectivity index (χ2n) is 2.71. The second kappa shape index (κ2) is 3.02. The normalized spacial score (nSPS) is 10.4. The third-order valence-electron chi connectivity index (χ3n) is 1.69. The van der Waals surface area contributed by atoms with E-state index < -0.39 is 11.5 Å². The molecule has 72 valence electrons. The van der Waals surface area contributed by atoms with Gasteiger partial charge in [-0.3, -0.25) is 0 Å². The zero-order valence-electron chi connectivity index (χ0n) is 7.23. The number of aromatic amines is 1. The highest BCUT2D eigenvalue weighted by Gasteiger charge is 2.08. The smallest absolute Gasteiger partial charge is 0.244 e. The first kappa shape index (κ1) is 8.54. The topological polar surface area (TPSA) is 76.5 Å². The summed E-state index contributed by atoms with van der Waals surface area (Å²) < 4.78 is 13.7. The first-order chi connectivity index (χ1) is 6.68. The largest absolute Gasteiger partial charge is 0.367 e. The van der Waals surface area contributed by atoms with E-state index in [9.17, 15) is 9.18 Å². The van der Waals surface area contributed by atoms with Crippen molar-refractivity contribution in [1.82, 2.24) is 25.2 Å². The van der Waals surface area contributed by atoms with Crippen molar-refractivity contribution in [3.8, 4) is 5.82 Å². The molecule has 6 nitrogen and oxygen atoms in total. The number of hydrogen-bond donors (Lipinski definition) is 1. The number of rotatable bonds is 1. The molecule has 0 saturated carbocycles. The second-order valence-corrected chi connectivity index (χ2v) is 2.71. The molecule has 0 aliphatic heterocycles. The third-order valence-corrected chi connectivity index (χ3v) is 1.69. The van der Waals surface area contributed by atoms with E-state index >= 15 is 0 Å². The summed E-state index contributed by atoms with van der Waals surface area (Å²) in [5.74, 6) is -0.187. The van der Waals surface area contributed by atoms with Gasteiger partial charge in [-0.15, -0.1) is 4.68 Å². The minimum Gasteiger partial charge on any atom is -0.244 e. The van der Waals surface area contributed by atoms with Crippen LogP contribution in [-0.4, -0.2) is 25.2 Å². The van der Waals surface area contributed by atoms with Gasteiger partial charge in [0, 0.05) is 0 Å². The minimum absolute atomic E-state index is 0.269. The summed E-state index contributed by atoms with van der Waals surface area (Å²) in [5.41, 5.74) is 0.00760. The summed E-state index contributed by atoms with van der Waals surface area (Å²) in [4.78, 5) is 14.9. The van der Waals surface area contributed by atoms with Crippen molar-refractivity contribution in [2.75, 3.05) is 0 Å². The molecule has 0 amide bonds. The van der Waals surface area contributed by atoms with E-state index in [0.29, 0.717) is 5.56 Å². The Labute approximate surface area is 77.4 Å². The predicted molar refractivity (Wildman–Crippen MR) is 44.5 cm³/mol. The predicted octanol–water partition coefficient (Wildman–Crippen LogP) is -0.202. The quantitative estimate of drug-likeness (QED) is 0.683. The maximum absolute atomic E-state index is 12.7. The van der Waals surface area contributed by atoms with Gasteiger partial charge in [0.1, 0.15) is 5.82 Å². The number of halogens is 1. The van der Waals surface area contributed by atoms with Crippen molar-refractivity contribution in [2.24, 2.45) is 0 Å². The van der Waals surface area contributed by atoms with Crippen molar-refractivity contribution in [1.29, 1.82) is 0 Å². The van der Waals surface area contributed by atoms with Crippen LogP contribution in [0.25, 0.3) is 5.82 Å². The van der Waals surface area contributed by atoms with Crippen LogP contribution in [0.2, 0.25) is 0 Å². The molecule has 0 fully saturated rings. The summed E-state index contributed by atoms with van der Waals surface area (Å²) in [5, 5.41) is 8.92. The highest BCUT2D eigenvalue weighted by atomic mass is 19.1. The zero-order chi connectivity index (χ0) is 10.1. The van der Waals surface area contributed by atoms with Crippen LogP contribution in [0.5, 0.6) is 0 Å². The molecule has 0 aliphatic rings. The van der Waals surface area contributed by atoms with Gasteiger partial charge in [-0.25, -0.2) is 19.3 Å². The molecule has 14 heavy (non-hydrogen) atoms. The van der Waals surface area contributed by atoms with Crippen LogP contribution < -0.4 is 5.69 Å². The molecule has 0 atom stereocenters. The number of hydrogen-bond acceptors (Lipinski definition) is 4. The molecule has 0 saturated heterocycles. The van der Waals surface area contributed by atoms with Gasteiger partial charge in [0.15, 0.2) is 5.82 Å². The molecule has 0 radical (unpaired) electrons. The summed E-state index contributed by atoms with van der Waals surface area (Å²) >= 11 is 0. The SMILES string of the molecule is Cc1cc(F)cnc1-n1nn[nH]c1=O. The van der Waals surface area contributed by atoms with Gasteiger partial charge in [-0.2, -0.15) is 0 Å². The highest BCUT2D eigenvalue weighted by Crippen LogP contribution is 2.07. The van der Waals surface area contributed by atoms with Crippen LogP contribution in [0.15, 0.2) is 17.1 Å². The first-order valence-electron chi connectivity index (χ1n) is 3.81.